The molecule has 0 amide bonds. The maximum absolute atomic E-state index is 13.7. The SMILES string of the molecule is CCC(/C=C1/Sc2ccc3ccccc3c2N1CCCS(=O)(=O)O)=c1\s/c(=C2\SC(=S)C(CC(=O)O)C2=O)n(CC(=O)O)c1=O. The standard InChI is InChI=1S/C29H26N2O9S5/c1-2-15(25-27(37)31(14-22(34)35)28(43-25)26-24(36)18(13-21(32)33)29(41)44-26)12-20-30(10-5-11-45(38,39)40)23-17-7-4-3-6-16(17)8-9-19(23)42-20/h3-4,6-9,12,18H,2,5,10-11,13-14H2,1H3,(H,32,33)(H,34,35)(H,38,39,40)/b20-12+,25-15+,28-26-. The number of aliphatic carboxylic acids is 2. The van der Waals surface area contributed by atoms with Gasteiger partial charge in [-0.15, -0.1) is 11.3 Å². The number of carboxylic acid groups (broad SMARTS) is 2. The Hall–Kier alpha value is -3.28. The summed E-state index contributed by atoms with van der Waals surface area (Å²) in [6.45, 7) is 1.37. The zero-order valence-electron chi connectivity index (χ0n) is 23.6. The van der Waals surface area contributed by atoms with Crippen LogP contribution in [0, 0.1) is 5.92 Å². The number of carbonyl (C=O) groups excluding carboxylic acids is 1. The summed E-state index contributed by atoms with van der Waals surface area (Å²) in [5.41, 5.74) is 0.825. The van der Waals surface area contributed by atoms with Crippen LogP contribution in [0.4, 0.5) is 5.69 Å². The number of nitrogens with zero attached hydrogens (tertiary/aromatic N) is 2. The molecular formula is C29H26N2O9S5. The Morgan fingerprint density at radius 3 is 2.47 bits per heavy atom. The third kappa shape index (κ3) is 6.95. The lowest BCUT2D eigenvalue weighted by Gasteiger charge is -2.22. The molecule has 0 bridgehead atoms. The molecule has 0 spiro atoms. The Morgan fingerprint density at radius 1 is 1.07 bits per heavy atom. The predicted molar refractivity (Wildman–Crippen MR) is 180 cm³/mol. The zero-order valence-corrected chi connectivity index (χ0v) is 27.7. The fourth-order valence-corrected chi connectivity index (χ4v) is 9.64. The molecule has 1 aromatic heterocycles. The molecule has 1 atom stereocenters. The number of hydrogen-bond donors (Lipinski definition) is 3. The van der Waals surface area contributed by atoms with Crippen LogP contribution in [0.15, 0.2) is 57.2 Å². The molecule has 1 unspecified atom stereocenters. The van der Waals surface area contributed by atoms with Crippen molar-refractivity contribution in [3.8, 4) is 0 Å². The van der Waals surface area contributed by atoms with Crippen LogP contribution in [0.25, 0.3) is 21.3 Å². The quantitative estimate of drug-likeness (QED) is 0.208. The highest BCUT2D eigenvalue weighted by atomic mass is 32.2. The first kappa shape index (κ1) is 33.1. The lowest BCUT2D eigenvalue weighted by atomic mass is 10.0. The normalized spacial score (nSPS) is 19.5. The lowest BCUT2D eigenvalue weighted by molar-refractivity contribution is -0.139. The summed E-state index contributed by atoms with van der Waals surface area (Å²) in [4.78, 5) is 53.0. The molecule has 3 heterocycles. The summed E-state index contributed by atoms with van der Waals surface area (Å²) in [5.74, 6) is -4.56. The maximum Gasteiger partial charge on any atom is 0.323 e. The van der Waals surface area contributed by atoms with E-state index in [1.165, 1.54) is 11.8 Å². The van der Waals surface area contributed by atoms with Crippen LogP contribution < -0.4 is 19.7 Å². The number of thioether (sulfide) groups is 2. The Labute approximate surface area is 274 Å². The van der Waals surface area contributed by atoms with E-state index in [9.17, 15) is 42.4 Å². The average Bonchev–Trinajstić information content (AvgIpc) is 3.57. The summed E-state index contributed by atoms with van der Waals surface area (Å²) in [5, 5.41) is 21.5. The van der Waals surface area contributed by atoms with Gasteiger partial charge in [0.1, 0.15) is 11.2 Å². The lowest BCUT2D eigenvalue weighted by Crippen LogP contribution is -2.35. The molecule has 2 aliphatic rings. The van der Waals surface area contributed by atoms with E-state index in [4.69, 9.17) is 12.2 Å². The number of Topliss-reactive ketones (excluding diaryl/α,β-unsaturated/α-hetero) is 1. The second kappa shape index (κ2) is 13.2. The van der Waals surface area contributed by atoms with Gasteiger partial charge in [0.25, 0.3) is 15.7 Å². The minimum absolute atomic E-state index is 0.0462. The first-order valence-corrected chi connectivity index (χ1v) is 18.1. The molecule has 0 saturated carbocycles. The number of carbonyl (C=O) groups is 3. The van der Waals surface area contributed by atoms with Crippen molar-refractivity contribution < 1.29 is 37.6 Å². The summed E-state index contributed by atoms with van der Waals surface area (Å²) in [7, 11) is -4.19. The van der Waals surface area contributed by atoms with E-state index in [-0.39, 0.29) is 31.3 Å². The molecule has 11 nitrogen and oxygen atoms in total. The van der Waals surface area contributed by atoms with Gasteiger partial charge < -0.3 is 15.1 Å². The minimum Gasteiger partial charge on any atom is -0.481 e. The van der Waals surface area contributed by atoms with Gasteiger partial charge in [0, 0.05) is 16.8 Å². The first-order chi connectivity index (χ1) is 21.3. The van der Waals surface area contributed by atoms with Crippen molar-refractivity contribution >= 4 is 106 Å². The zero-order chi connectivity index (χ0) is 32.6. The number of carboxylic acids is 2. The number of fused-ring (bicyclic) bond motifs is 3. The van der Waals surface area contributed by atoms with E-state index < -0.39 is 58.0 Å². The summed E-state index contributed by atoms with van der Waals surface area (Å²) >= 11 is 8.55. The van der Waals surface area contributed by atoms with Crippen LogP contribution in [-0.2, 0) is 31.0 Å². The predicted octanol–water partition coefficient (Wildman–Crippen LogP) is 3.28. The first-order valence-electron chi connectivity index (χ1n) is 13.6. The van der Waals surface area contributed by atoms with Crippen LogP contribution in [0.2, 0.25) is 0 Å². The van der Waals surface area contributed by atoms with Gasteiger partial charge in [-0.25, -0.2) is 0 Å². The summed E-state index contributed by atoms with van der Waals surface area (Å²) in [6, 6.07) is 11.7. The van der Waals surface area contributed by atoms with Gasteiger partial charge in [0.2, 0.25) is 0 Å². The molecule has 2 aliphatic heterocycles. The van der Waals surface area contributed by atoms with Gasteiger partial charge in [0.15, 0.2) is 5.78 Å². The maximum atomic E-state index is 13.7. The molecule has 236 valence electrons. The molecule has 3 N–H and O–H groups in total. The van der Waals surface area contributed by atoms with Crippen LogP contribution >= 0.6 is 47.1 Å². The second-order valence-corrected chi connectivity index (χ2v) is 15.6. The molecule has 1 saturated heterocycles. The third-order valence-corrected chi connectivity index (χ3v) is 12.1. The Kier molecular flexibility index (Phi) is 9.72. The van der Waals surface area contributed by atoms with E-state index in [1.807, 2.05) is 48.2 Å². The number of thiocarbonyl (C=S) groups is 1. The molecule has 3 aromatic rings. The smallest absolute Gasteiger partial charge is 0.323 e. The van der Waals surface area contributed by atoms with E-state index in [1.54, 1.807) is 6.08 Å². The third-order valence-electron chi connectivity index (χ3n) is 7.15. The number of ketones is 1. The van der Waals surface area contributed by atoms with Crippen molar-refractivity contribution in [3.63, 3.8) is 0 Å². The molecule has 0 radical (unpaired) electrons. The van der Waals surface area contributed by atoms with Crippen LogP contribution in [0.3, 0.4) is 0 Å². The number of benzene rings is 2. The second-order valence-electron chi connectivity index (χ2n) is 10.2. The van der Waals surface area contributed by atoms with Gasteiger partial charge in [-0.2, -0.15) is 8.42 Å². The number of rotatable bonds is 10. The van der Waals surface area contributed by atoms with Gasteiger partial charge in [0.05, 0.1) is 42.4 Å². The van der Waals surface area contributed by atoms with Crippen molar-refractivity contribution in [2.75, 3.05) is 17.2 Å². The molecule has 2 aromatic carbocycles. The average molecular weight is 707 g/mol. The van der Waals surface area contributed by atoms with E-state index in [0.717, 1.165) is 49.0 Å². The summed E-state index contributed by atoms with van der Waals surface area (Å²) < 4.78 is 33.8. The van der Waals surface area contributed by atoms with Gasteiger partial charge in [-0.1, -0.05) is 73.0 Å². The molecule has 0 aliphatic carbocycles. The minimum atomic E-state index is -4.19. The van der Waals surface area contributed by atoms with Crippen molar-refractivity contribution in [1.29, 1.82) is 0 Å². The number of hydrogen-bond acceptors (Lipinski definition) is 11. The highest BCUT2D eigenvalue weighted by Crippen LogP contribution is 2.50. The monoisotopic (exact) mass is 706 g/mol. The van der Waals surface area contributed by atoms with Crippen LogP contribution in [0.1, 0.15) is 26.2 Å². The number of allylic oxidation sites excluding steroid dienone is 1. The van der Waals surface area contributed by atoms with Crippen molar-refractivity contribution in [3.05, 3.63) is 67.1 Å². The van der Waals surface area contributed by atoms with E-state index in [2.05, 4.69) is 0 Å². The number of thiazole rings is 1. The fourth-order valence-electron chi connectivity index (χ4n) is 5.13. The van der Waals surface area contributed by atoms with Gasteiger partial charge >= 0.3 is 11.9 Å². The molecule has 45 heavy (non-hydrogen) atoms. The van der Waals surface area contributed by atoms with Gasteiger partial charge in [-0.05, 0) is 35.9 Å². The molecular weight excluding hydrogens is 681 g/mol. The molecule has 1 fully saturated rings. The topological polar surface area (TPSA) is 171 Å². The number of aromatic nitrogens is 1. The largest absolute Gasteiger partial charge is 0.481 e. The van der Waals surface area contributed by atoms with Crippen molar-refractivity contribution in [2.45, 2.75) is 37.6 Å². The van der Waals surface area contributed by atoms with Crippen LogP contribution in [-0.4, -0.2) is 62.0 Å². The molecule has 5 rings (SSSR count). The summed E-state index contributed by atoms with van der Waals surface area (Å²) in [6.07, 6.45) is 1.79. The van der Waals surface area contributed by atoms with Gasteiger partial charge in [-0.3, -0.25) is 28.3 Å². The Morgan fingerprint density at radius 2 is 1.80 bits per heavy atom. The van der Waals surface area contributed by atoms with Crippen molar-refractivity contribution in [1.82, 2.24) is 4.57 Å². The van der Waals surface area contributed by atoms with Crippen molar-refractivity contribution in [2.24, 2.45) is 5.92 Å². The fraction of sp³-hybridized carbons (Fsp3) is 0.276. The van der Waals surface area contributed by atoms with Crippen LogP contribution in [0.5, 0.6) is 0 Å². The number of anilines is 1. The van der Waals surface area contributed by atoms with E-state index in [0.29, 0.717) is 17.0 Å². The molecule has 16 heteroatoms. The van der Waals surface area contributed by atoms with E-state index >= 15 is 0 Å². The Bertz CT molecular complexity index is 2100. The highest BCUT2D eigenvalue weighted by molar-refractivity contribution is 8.30. The Balaban J connectivity index is 1.69. The highest BCUT2D eigenvalue weighted by Gasteiger charge is 2.38.